The first-order valence-electron chi connectivity index (χ1n) is 4.90. The summed E-state index contributed by atoms with van der Waals surface area (Å²) in [4.78, 5) is 23.2. The van der Waals surface area contributed by atoms with Crippen molar-refractivity contribution in [3.8, 4) is 0 Å². The number of carboxylic acid groups (broad SMARTS) is 1. The van der Waals surface area contributed by atoms with Gasteiger partial charge in [-0.3, -0.25) is 9.59 Å². The number of carbonyl (C=O) groups excluding carboxylic acids is 1. The second kappa shape index (κ2) is 4.65. The van der Waals surface area contributed by atoms with Gasteiger partial charge in [0.15, 0.2) is 0 Å². The number of thiophene rings is 1. The Hall–Kier alpha value is -1.36. The number of carbonyl (C=O) groups is 2. The fourth-order valence-electron chi connectivity index (χ4n) is 1.06. The molecule has 16 heavy (non-hydrogen) atoms. The van der Waals surface area contributed by atoms with E-state index in [1.165, 1.54) is 11.3 Å². The van der Waals surface area contributed by atoms with Crippen LogP contribution < -0.4 is 5.32 Å². The highest BCUT2D eigenvalue weighted by molar-refractivity contribution is 7.12. The Morgan fingerprint density at radius 2 is 2.12 bits per heavy atom. The van der Waals surface area contributed by atoms with Crippen LogP contribution in [0.2, 0.25) is 0 Å². The van der Waals surface area contributed by atoms with E-state index in [0.717, 1.165) is 5.56 Å². The highest BCUT2D eigenvalue weighted by Gasteiger charge is 2.27. The first kappa shape index (κ1) is 12.7. The summed E-state index contributed by atoms with van der Waals surface area (Å²) in [6, 6.07) is 1.86. The van der Waals surface area contributed by atoms with Crippen LogP contribution in [-0.2, 0) is 4.79 Å². The lowest BCUT2D eigenvalue weighted by atomic mass is 9.94. The van der Waals surface area contributed by atoms with Crippen molar-refractivity contribution in [2.45, 2.75) is 20.8 Å². The van der Waals surface area contributed by atoms with Crippen molar-refractivity contribution in [3.05, 3.63) is 21.9 Å². The number of aliphatic carboxylic acids is 1. The lowest BCUT2D eigenvalue weighted by molar-refractivity contribution is -0.146. The summed E-state index contributed by atoms with van der Waals surface area (Å²) in [7, 11) is 0. The molecule has 0 atom stereocenters. The van der Waals surface area contributed by atoms with Crippen molar-refractivity contribution < 1.29 is 14.7 Å². The van der Waals surface area contributed by atoms with E-state index in [2.05, 4.69) is 5.32 Å². The van der Waals surface area contributed by atoms with E-state index in [0.29, 0.717) is 4.88 Å². The SMILES string of the molecule is Cc1ccsc1C(=O)NCC(C)(C)C(=O)O. The fraction of sp³-hybridized carbons (Fsp3) is 0.455. The number of hydrogen-bond donors (Lipinski definition) is 2. The zero-order valence-corrected chi connectivity index (χ0v) is 10.4. The molecule has 0 fully saturated rings. The predicted octanol–water partition coefficient (Wildman–Crippen LogP) is 1.90. The van der Waals surface area contributed by atoms with E-state index < -0.39 is 11.4 Å². The molecule has 1 rings (SSSR count). The Kier molecular flexibility index (Phi) is 3.70. The van der Waals surface area contributed by atoms with Gasteiger partial charge in [-0.25, -0.2) is 0 Å². The van der Waals surface area contributed by atoms with Crippen LogP contribution in [0.15, 0.2) is 11.4 Å². The van der Waals surface area contributed by atoms with Crippen LogP contribution in [0.4, 0.5) is 0 Å². The van der Waals surface area contributed by atoms with Gasteiger partial charge in [-0.05, 0) is 37.8 Å². The molecular weight excluding hydrogens is 226 g/mol. The quantitative estimate of drug-likeness (QED) is 0.846. The third-order valence-electron chi connectivity index (χ3n) is 2.34. The monoisotopic (exact) mass is 241 g/mol. The fourth-order valence-corrected chi connectivity index (χ4v) is 1.90. The molecule has 0 aliphatic rings. The van der Waals surface area contributed by atoms with Crippen LogP contribution in [0.5, 0.6) is 0 Å². The molecular formula is C11H15NO3S. The Balaban J connectivity index is 2.61. The molecule has 1 amide bonds. The van der Waals surface area contributed by atoms with Gasteiger partial charge in [0.1, 0.15) is 0 Å². The second-order valence-corrected chi connectivity index (χ2v) is 5.22. The number of amides is 1. The van der Waals surface area contributed by atoms with Crippen LogP contribution in [-0.4, -0.2) is 23.5 Å². The summed E-state index contributed by atoms with van der Waals surface area (Å²) < 4.78 is 0. The number of hydrogen-bond acceptors (Lipinski definition) is 3. The average molecular weight is 241 g/mol. The van der Waals surface area contributed by atoms with Gasteiger partial charge in [-0.1, -0.05) is 0 Å². The maximum atomic E-state index is 11.7. The second-order valence-electron chi connectivity index (χ2n) is 4.30. The van der Waals surface area contributed by atoms with Crippen molar-refractivity contribution in [2.24, 2.45) is 5.41 Å². The average Bonchev–Trinajstić information content (AvgIpc) is 2.61. The van der Waals surface area contributed by atoms with Crippen LogP contribution in [0, 0.1) is 12.3 Å². The van der Waals surface area contributed by atoms with Crippen LogP contribution in [0.1, 0.15) is 29.1 Å². The third kappa shape index (κ3) is 2.82. The van der Waals surface area contributed by atoms with Gasteiger partial charge >= 0.3 is 5.97 Å². The van der Waals surface area contributed by atoms with Gasteiger partial charge in [0.25, 0.3) is 5.91 Å². The molecule has 4 nitrogen and oxygen atoms in total. The number of aryl methyl sites for hydroxylation is 1. The Labute approximate surface area is 98.3 Å². The summed E-state index contributed by atoms with van der Waals surface area (Å²) in [5.74, 6) is -1.13. The van der Waals surface area contributed by atoms with Crippen LogP contribution in [0.3, 0.4) is 0 Å². The number of rotatable bonds is 4. The van der Waals surface area contributed by atoms with E-state index in [-0.39, 0.29) is 12.5 Å². The van der Waals surface area contributed by atoms with Gasteiger partial charge in [0.05, 0.1) is 10.3 Å². The van der Waals surface area contributed by atoms with Crippen molar-refractivity contribution in [3.63, 3.8) is 0 Å². The maximum absolute atomic E-state index is 11.7. The molecule has 1 aromatic heterocycles. The maximum Gasteiger partial charge on any atom is 0.310 e. The Morgan fingerprint density at radius 1 is 1.50 bits per heavy atom. The normalized spacial score (nSPS) is 11.2. The van der Waals surface area contributed by atoms with Crippen LogP contribution >= 0.6 is 11.3 Å². The molecule has 0 saturated carbocycles. The largest absolute Gasteiger partial charge is 0.481 e. The molecule has 0 unspecified atom stereocenters. The topological polar surface area (TPSA) is 66.4 Å². The van der Waals surface area contributed by atoms with Gasteiger partial charge in [-0.15, -0.1) is 11.3 Å². The third-order valence-corrected chi connectivity index (χ3v) is 3.35. The summed E-state index contributed by atoms with van der Waals surface area (Å²) in [5.41, 5.74) is -0.0310. The molecule has 88 valence electrons. The zero-order valence-electron chi connectivity index (χ0n) is 9.53. The van der Waals surface area contributed by atoms with Gasteiger partial charge in [0.2, 0.25) is 0 Å². The van der Waals surface area contributed by atoms with Crippen molar-refractivity contribution in [2.75, 3.05) is 6.54 Å². The standard InChI is InChI=1S/C11H15NO3S/c1-7-4-5-16-8(7)9(13)12-6-11(2,3)10(14)15/h4-5H,6H2,1-3H3,(H,12,13)(H,14,15). The number of nitrogens with one attached hydrogen (secondary N) is 1. The summed E-state index contributed by atoms with van der Waals surface area (Å²) in [6.45, 7) is 5.14. The lowest BCUT2D eigenvalue weighted by Gasteiger charge is -2.19. The molecule has 0 aliphatic heterocycles. The molecule has 2 N–H and O–H groups in total. The minimum atomic E-state index is -0.944. The highest BCUT2D eigenvalue weighted by atomic mass is 32.1. The molecule has 5 heteroatoms. The van der Waals surface area contributed by atoms with E-state index in [1.807, 2.05) is 18.4 Å². The van der Waals surface area contributed by atoms with Crippen molar-refractivity contribution in [1.82, 2.24) is 5.32 Å². The first-order valence-corrected chi connectivity index (χ1v) is 5.78. The Bertz CT molecular complexity index is 409. The number of carboxylic acids is 1. The Morgan fingerprint density at radius 3 is 2.56 bits per heavy atom. The molecule has 1 heterocycles. The summed E-state index contributed by atoms with van der Waals surface area (Å²) in [5, 5.41) is 13.4. The van der Waals surface area contributed by atoms with Gasteiger partial charge in [-0.2, -0.15) is 0 Å². The molecule has 0 spiro atoms. The van der Waals surface area contributed by atoms with E-state index in [1.54, 1.807) is 13.8 Å². The minimum absolute atomic E-state index is 0.124. The summed E-state index contributed by atoms with van der Waals surface area (Å²) in [6.07, 6.45) is 0. The first-order chi connectivity index (χ1) is 7.34. The van der Waals surface area contributed by atoms with Crippen molar-refractivity contribution in [1.29, 1.82) is 0 Å². The predicted molar refractivity (Wildman–Crippen MR) is 62.8 cm³/mol. The van der Waals surface area contributed by atoms with E-state index in [4.69, 9.17) is 5.11 Å². The minimum Gasteiger partial charge on any atom is -0.481 e. The molecule has 0 aliphatic carbocycles. The van der Waals surface area contributed by atoms with Crippen LogP contribution in [0.25, 0.3) is 0 Å². The van der Waals surface area contributed by atoms with E-state index >= 15 is 0 Å². The molecule has 1 aromatic rings. The lowest BCUT2D eigenvalue weighted by Crippen LogP contribution is -2.38. The van der Waals surface area contributed by atoms with Crippen molar-refractivity contribution >= 4 is 23.2 Å². The smallest absolute Gasteiger partial charge is 0.310 e. The highest BCUT2D eigenvalue weighted by Crippen LogP contribution is 2.17. The zero-order chi connectivity index (χ0) is 12.3. The molecule has 0 bridgehead atoms. The van der Waals surface area contributed by atoms with Gasteiger partial charge < -0.3 is 10.4 Å². The van der Waals surface area contributed by atoms with Gasteiger partial charge in [0, 0.05) is 6.54 Å². The molecule has 0 aromatic carbocycles. The summed E-state index contributed by atoms with van der Waals surface area (Å²) >= 11 is 1.36. The van der Waals surface area contributed by atoms with E-state index in [9.17, 15) is 9.59 Å². The molecule has 0 saturated heterocycles. The molecule has 0 radical (unpaired) electrons.